The molecule has 13 heteroatoms. The molecule has 1 aliphatic heterocycles. The van der Waals surface area contributed by atoms with E-state index in [1.165, 1.54) is 13.3 Å². The molecule has 2 atom stereocenters. The van der Waals surface area contributed by atoms with Crippen LogP contribution in [0.4, 0.5) is 4.79 Å². The van der Waals surface area contributed by atoms with Crippen molar-refractivity contribution in [3.05, 3.63) is 82.8 Å². The van der Waals surface area contributed by atoms with Crippen molar-refractivity contribution in [3.63, 3.8) is 0 Å². The highest BCUT2D eigenvalue weighted by Crippen LogP contribution is 2.35. The van der Waals surface area contributed by atoms with Gasteiger partial charge in [0.25, 0.3) is 0 Å². The number of rotatable bonds is 13. The summed E-state index contributed by atoms with van der Waals surface area (Å²) < 4.78 is 27.2. The quantitative estimate of drug-likeness (QED) is 0.0975. The van der Waals surface area contributed by atoms with Crippen LogP contribution in [0.5, 0.6) is 11.5 Å². The number of benzene rings is 2. The Balaban J connectivity index is 1.36. The summed E-state index contributed by atoms with van der Waals surface area (Å²) in [4.78, 5) is 36.4. The predicted octanol–water partition coefficient (Wildman–Crippen LogP) is 3.64. The third-order valence-corrected chi connectivity index (χ3v) is 6.39. The van der Waals surface area contributed by atoms with Crippen molar-refractivity contribution in [2.24, 2.45) is 5.10 Å². The van der Waals surface area contributed by atoms with Gasteiger partial charge in [0.2, 0.25) is 0 Å². The van der Waals surface area contributed by atoms with E-state index in [4.69, 9.17) is 23.4 Å². The Kier molecular flexibility index (Phi) is 10.6. The summed E-state index contributed by atoms with van der Waals surface area (Å²) in [6, 6.07) is 14.1. The van der Waals surface area contributed by atoms with Crippen LogP contribution in [0.2, 0.25) is 0 Å². The number of hydrogen-bond donors (Lipinski definition) is 4. The first-order valence-electron chi connectivity index (χ1n) is 13.8. The number of carbonyl (C=O) groups is 3. The number of urea groups is 1. The molecule has 0 saturated heterocycles. The summed E-state index contributed by atoms with van der Waals surface area (Å²) in [7, 11) is 1.27. The van der Waals surface area contributed by atoms with E-state index in [1.807, 2.05) is 0 Å². The lowest BCUT2D eigenvalue weighted by molar-refractivity contribution is -0.136. The number of hydrazone groups is 1. The van der Waals surface area contributed by atoms with E-state index < -0.39 is 24.3 Å². The number of nitrogens with one attached hydrogen (secondary N) is 3. The molecule has 2 heterocycles. The van der Waals surface area contributed by atoms with Crippen LogP contribution in [0.25, 0.3) is 11.3 Å². The number of furan rings is 1. The molecule has 0 unspecified atom stereocenters. The molecular weight excluding hydrogens is 572 g/mol. The van der Waals surface area contributed by atoms with Crippen LogP contribution < -0.4 is 25.5 Å². The van der Waals surface area contributed by atoms with Crippen molar-refractivity contribution in [1.82, 2.24) is 16.1 Å². The summed E-state index contributed by atoms with van der Waals surface area (Å²) in [5, 5.41) is 19.7. The van der Waals surface area contributed by atoms with Crippen LogP contribution in [0.15, 0.2) is 75.4 Å². The smallest absolute Gasteiger partial charge is 0.338 e. The molecule has 0 spiro atoms. The second-order valence-electron chi connectivity index (χ2n) is 9.41. The molecule has 0 aliphatic carbocycles. The van der Waals surface area contributed by atoms with Crippen LogP contribution in [0.3, 0.4) is 0 Å². The molecule has 2 aromatic carbocycles. The molecule has 0 bridgehead atoms. The molecule has 44 heavy (non-hydrogen) atoms. The molecule has 13 nitrogen and oxygen atoms in total. The topological polar surface area (TPSA) is 170 Å². The summed E-state index contributed by atoms with van der Waals surface area (Å²) in [5.74, 6) is 0.735. The van der Waals surface area contributed by atoms with Gasteiger partial charge in [-0.3, -0.25) is 5.43 Å². The Hall–Kier alpha value is -5.30. The minimum absolute atomic E-state index is 0.177. The van der Waals surface area contributed by atoms with Gasteiger partial charge in [-0.05, 0) is 62.7 Å². The highest BCUT2D eigenvalue weighted by atomic mass is 16.5. The zero-order chi connectivity index (χ0) is 31.6. The number of methoxy groups -OCH3 is 1. The molecule has 0 radical (unpaired) electrons. The zero-order valence-electron chi connectivity index (χ0n) is 24.7. The third kappa shape index (κ3) is 7.75. The third-order valence-electron chi connectivity index (χ3n) is 6.39. The summed E-state index contributed by atoms with van der Waals surface area (Å²) in [6.07, 6.45) is 0.229. The van der Waals surface area contributed by atoms with E-state index in [0.29, 0.717) is 53.1 Å². The molecule has 1 aromatic heterocycles. The SMILES string of the molecule is CCOC(=O)c1ccc(-c2ccc(/C=N\N[C@H](O)COc3ccc([C@@H]4NC(=O)NC(C)=C4C(=O)OC)cc3OCC)o2)cc1. The Morgan fingerprint density at radius 3 is 2.52 bits per heavy atom. The van der Waals surface area contributed by atoms with Crippen LogP contribution in [-0.4, -0.2) is 62.4 Å². The molecule has 4 rings (SSSR count). The molecule has 3 aromatic rings. The monoisotopic (exact) mass is 606 g/mol. The van der Waals surface area contributed by atoms with Gasteiger partial charge >= 0.3 is 18.0 Å². The highest BCUT2D eigenvalue weighted by Gasteiger charge is 2.32. The van der Waals surface area contributed by atoms with Crippen molar-refractivity contribution < 1.29 is 42.9 Å². The first-order valence-corrected chi connectivity index (χ1v) is 13.8. The number of carbonyl (C=O) groups excluding carboxylic acids is 3. The first-order chi connectivity index (χ1) is 21.2. The van der Waals surface area contributed by atoms with Gasteiger partial charge in [-0.1, -0.05) is 18.2 Å². The summed E-state index contributed by atoms with van der Waals surface area (Å²) >= 11 is 0. The van der Waals surface area contributed by atoms with Gasteiger partial charge in [0, 0.05) is 11.3 Å². The lowest BCUT2D eigenvalue weighted by Crippen LogP contribution is -2.45. The van der Waals surface area contributed by atoms with Gasteiger partial charge in [0.1, 0.15) is 18.1 Å². The Morgan fingerprint density at radius 2 is 1.82 bits per heavy atom. The molecule has 232 valence electrons. The zero-order valence-corrected chi connectivity index (χ0v) is 24.7. The van der Waals surface area contributed by atoms with Gasteiger partial charge in [-0.2, -0.15) is 5.10 Å². The van der Waals surface area contributed by atoms with E-state index in [-0.39, 0.29) is 18.1 Å². The van der Waals surface area contributed by atoms with E-state index in [0.717, 1.165) is 5.56 Å². The van der Waals surface area contributed by atoms with E-state index in [9.17, 15) is 19.5 Å². The second-order valence-corrected chi connectivity index (χ2v) is 9.41. The van der Waals surface area contributed by atoms with Crippen LogP contribution >= 0.6 is 0 Å². The summed E-state index contributed by atoms with van der Waals surface area (Å²) in [5.41, 5.74) is 5.00. The van der Waals surface area contributed by atoms with Gasteiger partial charge in [0.05, 0.1) is 43.7 Å². The van der Waals surface area contributed by atoms with E-state index in [1.54, 1.807) is 75.4 Å². The molecule has 2 amide bonds. The predicted molar refractivity (Wildman–Crippen MR) is 159 cm³/mol. The van der Waals surface area contributed by atoms with E-state index in [2.05, 4.69) is 21.2 Å². The normalized spacial score (nSPS) is 15.3. The average Bonchev–Trinajstić information content (AvgIpc) is 3.49. The number of hydrogen-bond acceptors (Lipinski definition) is 11. The van der Waals surface area contributed by atoms with Crippen LogP contribution in [0.1, 0.15) is 48.5 Å². The fourth-order valence-corrected chi connectivity index (χ4v) is 4.37. The largest absolute Gasteiger partial charge is 0.490 e. The van der Waals surface area contributed by atoms with Crippen LogP contribution in [0, 0.1) is 0 Å². The lowest BCUT2D eigenvalue weighted by atomic mass is 9.95. The minimum atomic E-state index is -1.18. The number of amides is 2. The lowest BCUT2D eigenvalue weighted by Gasteiger charge is -2.28. The minimum Gasteiger partial charge on any atom is -0.490 e. The van der Waals surface area contributed by atoms with Crippen molar-refractivity contribution in [2.75, 3.05) is 26.9 Å². The van der Waals surface area contributed by atoms with Gasteiger partial charge in [0.15, 0.2) is 17.7 Å². The molecule has 1 aliphatic rings. The maximum Gasteiger partial charge on any atom is 0.338 e. The Morgan fingerprint density at radius 1 is 1.05 bits per heavy atom. The maximum absolute atomic E-state index is 12.4. The Bertz CT molecular complexity index is 1550. The van der Waals surface area contributed by atoms with Gasteiger partial charge in [-0.15, -0.1) is 0 Å². The van der Waals surface area contributed by atoms with Crippen molar-refractivity contribution in [2.45, 2.75) is 33.0 Å². The van der Waals surface area contributed by atoms with Crippen LogP contribution in [-0.2, 0) is 14.3 Å². The average molecular weight is 607 g/mol. The molecular formula is C31H34N4O9. The number of ether oxygens (including phenoxy) is 4. The summed E-state index contributed by atoms with van der Waals surface area (Å²) in [6.45, 7) is 5.62. The number of aliphatic hydroxyl groups is 1. The van der Waals surface area contributed by atoms with Crippen molar-refractivity contribution in [1.29, 1.82) is 0 Å². The highest BCUT2D eigenvalue weighted by molar-refractivity contribution is 5.95. The Labute approximate surface area is 253 Å². The van der Waals surface area contributed by atoms with Gasteiger partial charge in [-0.25, -0.2) is 14.4 Å². The standard InChI is InChI=1S/C31H34N4O9/c1-5-41-25-15-21(28-27(30(38)40-4)18(3)33-31(39)34-28)11-13-24(25)43-17-26(36)35-32-16-22-12-14-23(44-22)19-7-9-20(10-8-19)29(37)42-6-2/h7-16,26,28,35-36H,5-6,17H2,1-4H3,(H2,33,34,39)/b32-16-/t26-,28+/m1/s1. The first kappa shape index (κ1) is 31.6. The number of aliphatic hydroxyl groups excluding tert-OH is 1. The van der Waals surface area contributed by atoms with Crippen molar-refractivity contribution >= 4 is 24.2 Å². The fourth-order valence-electron chi connectivity index (χ4n) is 4.37. The van der Waals surface area contributed by atoms with Crippen molar-refractivity contribution in [3.8, 4) is 22.8 Å². The number of allylic oxidation sites excluding steroid dienone is 1. The number of nitrogens with zero attached hydrogens (tertiary/aromatic N) is 1. The second kappa shape index (κ2) is 14.7. The van der Waals surface area contributed by atoms with E-state index >= 15 is 0 Å². The molecule has 4 N–H and O–H groups in total. The fraction of sp³-hybridized carbons (Fsp3) is 0.290. The molecule has 0 saturated carbocycles. The molecule has 0 fully saturated rings. The maximum atomic E-state index is 12.4. The number of esters is 2. The van der Waals surface area contributed by atoms with Gasteiger partial charge < -0.3 is 39.1 Å².